The predicted octanol–water partition coefficient (Wildman–Crippen LogP) is 3.35. The number of likely N-dealkylation sites (tertiary alicyclic amines) is 1. The highest BCUT2D eigenvalue weighted by Gasteiger charge is 2.55. The number of carbonyl (C=O) groups excluding carboxylic acids is 3. The third kappa shape index (κ3) is 4.65. The summed E-state index contributed by atoms with van der Waals surface area (Å²) < 4.78 is 0. The van der Waals surface area contributed by atoms with Gasteiger partial charge in [-0.15, -0.1) is 0 Å². The molecule has 1 unspecified atom stereocenters. The molecule has 2 saturated heterocycles. The second-order valence-electron chi connectivity index (χ2n) is 8.95. The van der Waals surface area contributed by atoms with Crippen LogP contribution in [0.1, 0.15) is 65.0 Å². The van der Waals surface area contributed by atoms with E-state index >= 15 is 0 Å². The van der Waals surface area contributed by atoms with Gasteiger partial charge in [0.1, 0.15) is 5.54 Å². The van der Waals surface area contributed by atoms with Crippen molar-refractivity contribution in [3.63, 3.8) is 0 Å². The van der Waals surface area contributed by atoms with Gasteiger partial charge in [-0.05, 0) is 56.1 Å². The Hall–Kier alpha value is -2.44. The highest BCUT2D eigenvalue weighted by Crippen LogP contribution is 2.38. The Morgan fingerprint density at radius 2 is 2.00 bits per heavy atom. The molecule has 7 nitrogen and oxygen atoms in total. The summed E-state index contributed by atoms with van der Waals surface area (Å²) in [6, 6.07) is 5.16. The van der Waals surface area contributed by atoms with Crippen molar-refractivity contribution >= 4 is 17.8 Å². The molecule has 4 amide bonds. The summed E-state index contributed by atoms with van der Waals surface area (Å²) in [6.07, 6.45) is 6.03. The maximum atomic E-state index is 13.6. The Balaban J connectivity index is 1.78. The first-order valence-corrected chi connectivity index (χ1v) is 11.2. The van der Waals surface area contributed by atoms with Crippen molar-refractivity contribution in [2.24, 2.45) is 11.8 Å². The average molecular weight is 415 g/mol. The fraction of sp³-hybridized carbons (Fsp3) is 0.652. The standard InChI is InChI=1S/C23H34N4O3/c1-4-7-20(28)26-14-10-18(11-15-26)23(12-9-17(2)3)21(29)27(22(30)25-23)16-19-8-5-6-13-24-19/h5-6,8,13,17-18H,4,7,9-12,14-16H2,1-3H3,(H,25,30). The lowest BCUT2D eigenvalue weighted by atomic mass is 9.73. The first-order valence-electron chi connectivity index (χ1n) is 11.2. The maximum Gasteiger partial charge on any atom is 0.325 e. The lowest BCUT2D eigenvalue weighted by Crippen LogP contribution is -2.56. The number of nitrogens with one attached hydrogen (secondary N) is 1. The highest BCUT2D eigenvalue weighted by atomic mass is 16.2. The van der Waals surface area contributed by atoms with E-state index in [0.29, 0.717) is 37.5 Å². The molecule has 0 radical (unpaired) electrons. The molecular formula is C23H34N4O3. The van der Waals surface area contributed by atoms with Crippen LogP contribution >= 0.6 is 0 Å². The SMILES string of the molecule is CCCC(=O)N1CCC(C2(CCC(C)C)NC(=O)N(Cc3ccccn3)C2=O)CC1. The normalized spacial score (nSPS) is 22.7. The van der Waals surface area contributed by atoms with E-state index in [9.17, 15) is 14.4 Å². The van der Waals surface area contributed by atoms with Crippen molar-refractivity contribution in [1.82, 2.24) is 20.1 Å². The van der Waals surface area contributed by atoms with Crippen LogP contribution in [0.25, 0.3) is 0 Å². The van der Waals surface area contributed by atoms with Gasteiger partial charge >= 0.3 is 6.03 Å². The summed E-state index contributed by atoms with van der Waals surface area (Å²) in [6.45, 7) is 7.75. The van der Waals surface area contributed by atoms with Gasteiger partial charge in [0.05, 0.1) is 12.2 Å². The summed E-state index contributed by atoms with van der Waals surface area (Å²) in [5.74, 6) is 0.512. The Bertz CT molecular complexity index is 759. The van der Waals surface area contributed by atoms with E-state index in [0.717, 1.165) is 25.7 Å². The van der Waals surface area contributed by atoms with Crippen molar-refractivity contribution in [2.45, 2.75) is 71.4 Å². The first kappa shape index (κ1) is 22.2. The third-order valence-corrected chi connectivity index (χ3v) is 6.37. The smallest absolute Gasteiger partial charge is 0.325 e. The predicted molar refractivity (Wildman–Crippen MR) is 114 cm³/mol. The molecule has 164 valence electrons. The Kier molecular flexibility index (Phi) is 7.10. The molecule has 0 aromatic carbocycles. The zero-order valence-corrected chi connectivity index (χ0v) is 18.4. The van der Waals surface area contributed by atoms with E-state index in [1.807, 2.05) is 30.0 Å². The van der Waals surface area contributed by atoms with Gasteiger partial charge in [-0.3, -0.25) is 19.5 Å². The number of nitrogens with zero attached hydrogens (tertiary/aromatic N) is 3. The van der Waals surface area contributed by atoms with Gasteiger partial charge in [0.2, 0.25) is 5.91 Å². The minimum Gasteiger partial charge on any atom is -0.343 e. The molecule has 30 heavy (non-hydrogen) atoms. The van der Waals surface area contributed by atoms with Crippen LogP contribution in [-0.2, 0) is 16.1 Å². The Morgan fingerprint density at radius 1 is 1.27 bits per heavy atom. The molecule has 0 spiro atoms. The van der Waals surface area contributed by atoms with Crippen LogP contribution in [0.2, 0.25) is 0 Å². The monoisotopic (exact) mass is 414 g/mol. The molecule has 0 bridgehead atoms. The van der Waals surface area contributed by atoms with Gasteiger partial charge in [-0.1, -0.05) is 26.8 Å². The van der Waals surface area contributed by atoms with Gasteiger partial charge in [0.15, 0.2) is 0 Å². The van der Waals surface area contributed by atoms with E-state index in [-0.39, 0.29) is 30.3 Å². The largest absolute Gasteiger partial charge is 0.343 e. The van der Waals surface area contributed by atoms with Crippen LogP contribution in [0.3, 0.4) is 0 Å². The lowest BCUT2D eigenvalue weighted by molar-refractivity contribution is -0.136. The first-order chi connectivity index (χ1) is 14.4. The van der Waals surface area contributed by atoms with Crippen molar-refractivity contribution in [2.75, 3.05) is 13.1 Å². The molecule has 2 fully saturated rings. The van der Waals surface area contributed by atoms with Gasteiger partial charge in [-0.2, -0.15) is 0 Å². The summed E-state index contributed by atoms with van der Waals surface area (Å²) in [4.78, 5) is 46.2. The van der Waals surface area contributed by atoms with Crippen molar-refractivity contribution < 1.29 is 14.4 Å². The van der Waals surface area contributed by atoms with Crippen LogP contribution in [0.5, 0.6) is 0 Å². The second-order valence-corrected chi connectivity index (χ2v) is 8.95. The molecule has 2 aliphatic rings. The van der Waals surface area contributed by atoms with Gasteiger partial charge in [-0.25, -0.2) is 4.79 Å². The molecule has 0 saturated carbocycles. The summed E-state index contributed by atoms with van der Waals surface area (Å²) >= 11 is 0. The van der Waals surface area contributed by atoms with Crippen molar-refractivity contribution in [3.05, 3.63) is 30.1 Å². The quantitative estimate of drug-likeness (QED) is 0.662. The molecule has 2 aliphatic heterocycles. The van der Waals surface area contributed by atoms with E-state index in [2.05, 4.69) is 24.1 Å². The van der Waals surface area contributed by atoms with E-state index in [1.165, 1.54) is 4.90 Å². The zero-order valence-electron chi connectivity index (χ0n) is 18.4. The molecular weight excluding hydrogens is 380 g/mol. The molecule has 1 atom stereocenters. The molecule has 1 aromatic heterocycles. The highest BCUT2D eigenvalue weighted by molar-refractivity contribution is 6.07. The van der Waals surface area contributed by atoms with Gasteiger partial charge < -0.3 is 10.2 Å². The zero-order chi connectivity index (χ0) is 21.7. The number of urea groups is 1. The summed E-state index contributed by atoms with van der Waals surface area (Å²) in [5, 5.41) is 3.09. The topological polar surface area (TPSA) is 82.6 Å². The van der Waals surface area contributed by atoms with Crippen molar-refractivity contribution in [3.8, 4) is 0 Å². The number of piperidine rings is 1. The Labute approximate surface area is 179 Å². The molecule has 3 heterocycles. The Morgan fingerprint density at radius 3 is 2.60 bits per heavy atom. The van der Waals surface area contributed by atoms with Crippen LogP contribution in [0, 0.1) is 11.8 Å². The third-order valence-electron chi connectivity index (χ3n) is 6.37. The van der Waals surface area contributed by atoms with E-state index in [4.69, 9.17) is 0 Å². The van der Waals surface area contributed by atoms with E-state index < -0.39 is 5.54 Å². The van der Waals surface area contributed by atoms with Gasteiger partial charge in [0.25, 0.3) is 5.91 Å². The number of pyridine rings is 1. The maximum absolute atomic E-state index is 13.6. The molecule has 0 aliphatic carbocycles. The summed E-state index contributed by atoms with van der Waals surface area (Å²) in [7, 11) is 0. The van der Waals surface area contributed by atoms with Crippen LogP contribution in [0.4, 0.5) is 4.79 Å². The number of rotatable bonds is 8. The number of hydrogen-bond donors (Lipinski definition) is 1. The molecule has 7 heteroatoms. The lowest BCUT2D eigenvalue weighted by Gasteiger charge is -2.41. The van der Waals surface area contributed by atoms with Gasteiger partial charge in [0, 0.05) is 25.7 Å². The van der Waals surface area contributed by atoms with Crippen LogP contribution < -0.4 is 5.32 Å². The minimum atomic E-state index is -0.879. The summed E-state index contributed by atoms with van der Waals surface area (Å²) in [5.41, 5.74) is -0.184. The fourth-order valence-electron chi connectivity index (χ4n) is 4.60. The van der Waals surface area contributed by atoms with E-state index in [1.54, 1.807) is 6.20 Å². The van der Waals surface area contributed by atoms with Crippen molar-refractivity contribution in [1.29, 1.82) is 0 Å². The number of carbonyl (C=O) groups is 3. The minimum absolute atomic E-state index is 0.0344. The number of aromatic nitrogens is 1. The molecule has 3 rings (SSSR count). The molecule has 1 aromatic rings. The second kappa shape index (κ2) is 9.58. The molecule has 1 N–H and O–H groups in total. The number of hydrogen-bond acceptors (Lipinski definition) is 4. The van der Waals surface area contributed by atoms with Crippen LogP contribution in [0.15, 0.2) is 24.4 Å². The average Bonchev–Trinajstić information content (AvgIpc) is 2.98. The fourth-order valence-corrected chi connectivity index (χ4v) is 4.60. The number of imide groups is 1. The van der Waals surface area contributed by atoms with Crippen LogP contribution in [-0.4, -0.2) is 51.3 Å². The number of amides is 4.